The number of rotatable bonds is 8. The molecule has 2 aliphatic carbocycles. The van der Waals surface area contributed by atoms with Crippen LogP contribution >= 0.6 is 0 Å². The molecular formula is C62H46N2. The van der Waals surface area contributed by atoms with Gasteiger partial charge in [0, 0.05) is 39.2 Å². The van der Waals surface area contributed by atoms with Crippen LogP contribution in [0.15, 0.2) is 243 Å². The predicted octanol–water partition coefficient (Wildman–Crippen LogP) is 16.4. The van der Waals surface area contributed by atoms with Gasteiger partial charge in [0.1, 0.15) is 0 Å². The fourth-order valence-electron chi connectivity index (χ4n) is 11.0. The Morgan fingerprint density at radius 3 is 1.31 bits per heavy atom. The summed E-state index contributed by atoms with van der Waals surface area (Å²) >= 11 is 0. The van der Waals surface area contributed by atoms with Crippen molar-refractivity contribution in [1.82, 2.24) is 0 Å². The van der Waals surface area contributed by atoms with E-state index in [2.05, 4.69) is 266 Å². The average molecular weight is 819 g/mol. The summed E-state index contributed by atoms with van der Waals surface area (Å²) in [6, 6.07) is 89.4. The van der Waals surface area contributed by atoms with Gasteiger partial charge in [0.2, 0.25) is 0 Å². The molecule has 10 aromatic carbocycles. The molecule has 0 radical (unpaired) electrons. The fraction of sp³-hybridized carbons (Fsp3) is 0.0645. The highest BCUT2D eigenvalue weighted by molar-refractivity contribution is 5.99. The third-order valence-electron chi connectivity index (χ3n) is 13.9. The molecule has 10 aromatic rings. The standard InChI is InChI=1S/C62H46N2/c1-61(2)57-40-48(34-37-53(57)54-38-36-50(41-58(54)61)64(47-28-13-6-14-29-47)60-33-19-21-43-20-15-16-30-51(43)60)63(46-26-11-5-12-27-46)49-35-39-55-52-31-17-18-32-56(52)62(59(55)42-49,44-22-7-3-8-23-44)45-24-9-4-10-25-45/h3-42H,1-2H3. The van der Waals surface area contributed by atoms with Crippen LogP contribution in [0.1, 0.15) is 47.2 Å². The summed E-state index contributed by atoms with van der Waals surface area (Å²) < 4.78 is 0. The summed E-state index contributed by atoms with van der Waals surface area (Å²) in [7, 11) is 0. The molecule has 12 rings (SSSR count). The first-order valence-electron chi connectivity index (χ1n) is 22.3. The van der Waals surface area contributed by atoms with E-state index in [0.717, 1.165) is 28.4 Å². The lowest BCUT2D eigenvalue weighted by atomic mass is 9.67. The van der Waals surface area contributed by atoms with Crippen molar-refractivity contribution in [3.05, 3.63) is 276 Å². The summed E-state index contributed by atoms with van der Waals surface area (Å²) in [5, 5.41) is 2.45. The van der Waals surface area contributed by atoms with E-state index >= 15 is 0 Å². The SMILES string of the molecule is CC1(C)c2cc(N(c3ccccc3)c3ccc4c(c3)C(c3ccccc3)(c3ccccc3)c3ccccc3-4)ccc2-c2ccc(N(c3ccccc3)c3cccc4ccccc34)cc21. The average Bonchev–Trinajstić information content (AvgIpc) is 3.77. The van der Waals surface area contributed by atoms with Gasteiger partial charge in [-0.2, -0.15) is 0 Å². The Morgan fingerprint density at radius 2 is 0.719 bits per heavy atom. The quantitative estimate of drug-likeness (QED) is 0.151. The van der Waals surface area contributed by atoms with E-state index in [4.69, 9.17) is 0 Å². The Balaban J connectivity index is 1.01. The third-order valence-corrected chi connectivity index (χ3v) is 13.9. The van der Waals surface area contributed by atoms with Gasteiger partial charge in [-0.15, -0.1) is 0 Å². The first-order chi connectivity index (χ1) is 31.5. The van der Waals surface area contributed by atoms with Crippen molar-refractivity contribution < 1.29 is 0 Å². The molecule has 2 nitrogen and oxygen atoms in total. The van der Waals surface area contributed by atoms with E-state index in [-0.39, 0.29) is 5.41 Å². The van der Waals surface area contributed by atoms with Gasteiger partial charge in [-0.1, -0.05) is 190 Å². The van der Waals surface area contributed by atoms with Crippen LogP contribution in [-0.2, 0) is 10.8 Å². The molecular weight excluding hydrogens is 773 g/mol. The minimum absolute atomic E-state index is 0.268. The van der Waals surface area contributed by atoms with Crippen LogP contribution in [-0.4, -0.2) is 0 Å². The number of hydrogen-bond acceptors (Lipinski definition) is 2. The number of fused-ring (bicyclic) bond motifs is 7. The number of benzene rings is 10. The largest absolute Gasteiger partial charge is 0.310 e. The van der Waals surface area contributed by atoms with Gasteiger partial charge < -0.3 is 9.80 Å². The molecule has 0 N–H and O–H groups in total. The fourth-order valence-corrected chi connectivity index (χ4v) is 11.0. The molecule has 0 spiro atoms. The van der Waals surface area contributed by atoms with Crippen molar-refractivity contribution in [2.24, 2.45) is 0 Å². The van der Waals surface area contributed by atoms with Gasteiger partial charge in [0.15, 0.2) is 0 Å². The van der Waals surface area contributed by atoms with Crippen LogP contribution in [0.5, 0.6) is 0 Å². The number of para-hydroxylation sites is 2. The Morgan fingerprint density at radius 1 is 0.297 bits per heavy atom. The maximum Gasteiger partial charge on any atom is 0.0714 e. The van der Waals surface area contributed by atoms with Crippen molar-refractivity contribution in [1.29, 1.82) is 0 Å². The normalized spacial score (nSPS) is 13.7. The second-order valence-corrected chi connectivity index (χ2v) is 17.7. The molecule has 0 amide bonds. The zero-order valence-electron chi connectivity index (χ0n) is 36.0. The Labute approximate surface area is 376 Å². The molecule has 0 heterocycles. The van der Waals surface area contributed by atoms with Gasteiger partial charge >= 0.3 is 0 Å². The highest BCUT2D eigenvalue weighted by Crippen LogP contribution is 2.58. The number of anilines is 6. The summed E-state index contributed by atoms with van der Waals surface area (Å²) in [6.07, 6.45) is 0. The summed E-state index contributed by atoms with van der Waals surface area (Å²) in [6.45, 7) is 4.78. The second-order valence-electron chi connectivity index (χ2n) is 17.7. The lowest BCUT2D eigenvalue weighted by molar-refractivity contribution is 0.660. The predicted molar refractivity (Wildman–Crippen MR) is 268 cm³/mol. The summed E-state index contributed by atoms with van der Waals surface area (Å²) in [5.74, 6) is 0. The molecule has 0 saturated carbocycles. The molecule has 304 valence electrons. The Bertz CT molecular complexity index is 3310. The van der Waals surface area contributed by atoms with Crippen LogP contribution in [0.4, 0.5) is 34.1 Å². The van der Waals surface area contributed by atoms with Crippen molar-refractivity contribution >= 4 is 44.9 Å². The van der Waals surface area contributed by atoms with Gasteiger partial charge in [-0.05, 0) is 128 Å². The number of hydrogen-bond donors (Lipinski definition) is 0. The van der Waals surface area contributed by atoms with E-state index in [1.807, 2.05) is 0 Å². The lowest BCUT2D eigenvalue weighted by Crippen LogP contribution is -2.28. The molecule has 2 aliphatic rings. The first-order valence-corrected chi connectivity index (χ1v) is 22.3. The van der Waals surface area contributed by atoms with E-state index in [1.54, 1.807) is 0 Å². The maximum atomic E-state index is 2.47. The lowest BCUT2D eigenvalue weighted by Gasteiger charge is -2.35. The molecule has 2 heteroatoms. The minimum Gasteiger partial charge on any atom is -0.310 e. The van der Waals surface area contributed by atoms with Crippen LogP contribution in [0.25, 0.3) is 33.0 Å². The van der Waals surface area contributed by atoms with Crippen LogP contribution in [0.2, 0.25) is 0 Å². The zero-order valence-corrected chi connectivity index (χ0v) is 36.0. The van der Waals surface area contributed by atoms with Crippen LogP contribution in [0.3, 0.4) is 0 Å². The highest BCUT2D eigenvalue weighted by Gasteiger charge is 2.46. The third kappa shape index (κ3) is 5.72. The molecule has 0 atom stereocenters. The van der Waals surface area contributed by atoms with Gasteiger partial charge in [-0.3, -0.25) is 0 Å². The minimum atomic E-state index is -0.494. The van der Waals surface area contributed by atoms with Crippen molar-refractivity contribution in [3.63, 3.8) is 0 Å². The molecule has 0 aliphatic heterocycles. The molecule has 64 heavy (non-hydrogen) atoms. The van der Waals surface area contributed by atoms with Gasteiger partial charge in [-0.25, -0.2) is 0 Å². The molecule has 0 saturated heterocycles. The Kier molecular flexibility index (Phi) is 8.77. The first kappa shape index (κ1) is 37.8. The van der Waals surface area contributed by atoms with Crippen LogP contribution < -0.4 is 9.80 Å². The Hall–Kier alpha value is -7.94. The smallest absolute Gasteiger partial charge is 0.0714 e. The van der Waals surface area contributed by atoms with Crippen molar-refractivity contribution in [2.45, 2.75) is 24.7 Å². The van der Waals surface area contributed by atoms with E-state index in [9.17, 15) is 0 Å². The van der Waals surface area contributed by atoms with E-state index < -0.39 is 5.41 Å². The number of nitrogens with zero attached hydrogens (tertiary/aromatic N) is 2. The summed E-state index contributed by atoms with van der Waals surface area (Å²) in [4.78, 5) is 4.87. The molecule has 0 bridgehead atoms. The second kappa shape index (κ2) is 14.9. The molecule has 0 fully saturated rings. The van der Waals surface area contributed by atoms with Crippen LogP contribution in [0, 0.1) is 0 Å². The molecule has 0 aromatic heterocycles. The zero-order chi connectivity index (χ0) is 42.8. The van der Waals surface area contributed by atoms with E-state index in [0.29, 0.717) is 0 Å². The summed E-state index contributed by atoms with van der Waals surface area (Å²) in [5.41, 5.74) is 19.0. The van der Waals surface area contributed by atoms with E-state index in [1.165, 1.54) is 72.1 Å². The van der Waals surface area contributed by atoms with Crippen molar-refractivity contribution in [2.75, 3.05) is 9.80 Å². The topological polar surface area (TPSA) is 6.48 Å². The van der Waals surface area contributed by atoms with Crippen molar-refractivity contribution in [3.8, 4) is 22.3 Å². The van der Waals surface area contributed by atoms with Gasteiger partial charge in [0.25, 0.3) is 0 Å². The monoisotopic (exact) mass is 818 g/mol. The maximum absolute atomic E-state index is 2.47. The van der Waals surface area contributed by atoms with Gasteiger partial charge in [0.05, 0.1) is 11.1 Å². The molecule has 0 unspecified atom stereocenters. The highest BCUT2D eigenvalue weighted by atomic mass is 15.1.